The number of hydrogen-bond acceptors (Lipinski definition) is 5. The van der Waals surface area contributed by atoms with E-state index in [-0.39, 0.29) is 11.3 Å². The number of benzene rings is 2. The fourth-order valence-electron chi connectivity index (χ4n) is 1.74. The topological polar surface area (TPSA) is 98.5 Å². The molecule has 1 N–H and O–H groups in total. The van der Waals surface area contributed by atoms with Gasteiger partial charge in [0.15, 0.2) is 0 Å². The van der Waals surface area contributed by atoms with Gasteiger partial charge in [0.05, 0.1) is 4.92 Å². The first-order valence-electron chi connectivity index (χ1n) is 6.30. The summed E-state index contributed by atoms with van der Waals surface area (Å²) in [7, 11) is 0. The fourth-order valence-corrected chi connectivity index (χ4v) is 1.74. The molecule has 0 spiro atoms. The maximum atomic E-state index is 12.0. The molecule has 0 fully saturated rings. The molecule has 2 rings (SSSR count). The number of amides is 1. The summed E-state index contributed by atoms with van der Waals surface area (Å²) in [6, 6.07) is 11.6. The van der Waals surface area contributed by atoms with Gasteiger partial charge in [-0.3, -0.25) is 19.7 Å². The zero-order valence-electron chi connectivity index (χ0n) is 11.6. The minimum atomic E-state index is -0.537. The lowest BCUT2D eigenvalue weighted by Gasteiger charge is -2.07. The SMILES string of the molecule is CC(=O)Oc1cccc(NC(=O)c2ccc([N+](=O)[O-])cc2)c1. The van der Waals surface area contributed by atoms with Gasteiger partial charge in [-0.2, -0.15) is 0 Å². The van der Waals surface area contributed by atoms with Gasteiger partial charge in [0.25, 0.3) is 11.6 Å². The van der Waals surface area contributed by atoms with Crippen molar-refractivity contribution in [1.29, 1.82) is 0 Å². The highest BCUT2D eigenvalue weighted by Gasteiger charge is 2.10. The number of nitrogens with zero attached hydrogens (tertiary/aromatic N) is 1. The Bertz CT molecular complexity index is 725. The number of hydrogen-bond donors (Lipinski definition) is 1. The molecule has 2 aromatic carbocycles. The normalized spacial score (nSPS) is 9.86. The van der Waals surface area contributed by atoms with Crippen LogP contribution in [0.5, 0.6) is 5.75 Å². The van der Waals surface area contributed by atoms with Crippen molar-refractivity contribution in [3.8, 4) is 5.75 Å². The van der Waals surface area contributed by atoms with Gasteiger partial charge in [-0.25, -0.2) is 0 Å². The summed E-state index contributed by atoms with van der Waals surface area (Å²) in [4.78, 5) is 33.0. The van der Waals surface area contributed by atoms with Gasteiger partial charge in [0.1, 0.15) is 5.75 Å². The van der Waals surface area contributed by atoms with Crippen molar-refractivity contribution in [3.05, 3.63) is 64.2 Å². The average Bonchev–Trinajstić information content (AvgIpc) is 2.47. The van der Waals surface area contributed by atoms with Gasteiger partial charge in [0, 0.05) is 36.4 Å². The first-order chi connectivity index (χ1) is 10.5. The van der Waals surface area contributed by atoms with Crippen molar-refractivity contribution in [2.75, 3.05) is 5.32 Å². The Morgan fingerprint density at radius 2 is 1.82 bits per heavy atom. The molecule has 0 saturated heterocycles. The van der Waals surface area contributed by atoms with Crippen LogP contribution in [0.2, 0.25) is 0 Å². The van der Waals surface area contributed by atoms with Crippen molar-refractivity contribution in [3.63, 3.8) is 0 Å². The first-order valence-corrected chi connectivity index (χ1v) is 6.30. The van der Waals surface area contributed by atoms with Gasteiger partial charge in [-0.1, -0.05) is 6.07 Å². The third kappa shape index (κ3) is 3.89. The van der Waals surface area contributed by atoms with Crippen LogP contribution in [0.3, 0.4) is 0 Å². The van der Waals surface area contributed by atoms with Crippen molar-refractivity contribution >= 4 is 23.3 Å². The van der Waals surface area contributed by atoms with E-state index in [0.717, 1.165) is 0 Å². The van der Waals surface area contributed by atoms with Crippen molar-refractivity contribution in [1.82, 2.24) is 0 Å². The van der Waals surface area contributed by atoms with Gasteiger partial charge in [0.2, 0.25) is 0 Å². The maximum absolute atomic E-state index is 12.0. The number of nitrogens with one attached hydrogen (secondary N) is 1. The summed E-state index contributed by atoms with van der Waals surface area (Å²) >= 11 is 0. The smallest absolute Gasteiger partial charge is 0.308 e. The number of carbonyl (C=O) groups is 2. The van der Waals surface area contributed by atoms with E-state index in [1.54, 1.807) is 18.2 Å². The highest BCUT2D eigenvalue weighted by Crippen LogP contribution is 2.19. The lowest BCUT2D eigenvalue weighted by molar-refractivity contribution is -0.384. The van der Waals surface area contributed by atoms with E-state index in [1.807, 2.05) is 0 Å². The minimum absolute atomic E-state index is 0.0894. The highest BCUT2D eigenvalue weighted by molar-refractivity contribution is 6.04. The molecule has 2 aromatic rings. The van der Waals surface area contributed by atoms with E-state index in [0.29, 0.717) is 11.4 Å². The van der Waals surface area contributed by atoms with E-state index in [9.17, 15) is 19.7 Å². The molecule has 0 unspecified atom stereocenters. The van der Waals surface area contributed by atoms with Crippen LogP contribution < -0.4 is 10.1 Å². The lowest BCUT2D eigenvalue weighted by Crippen LogP contribution is -2.12. The molecule has 7 heteroatoms. The summed E-state index contributed by atoms with van der Waals surface area (Å²) in [6.07, 6.45) is 0. The molecule has 1 amide bonds. The largest absolute Gasteiger partial charge is 0.427 e. The number of rotatable bonds is 4. The Hall–Kier alpha value is -3.22. The number of nitro groups is 1. The Labute approximate surface area is 125 Å². The van der Waals surface area contributed by atoms with Crippen LogP contribution in [0.25, 0.3) is 0 Å². The molecule has 0 aliphatic heterocycles. The van der Waals surface area contributed by atoms with E-state index in [1.165, 1.54) is 37.3 Å². The number of nitro benzene ring substituents is 1. The van der Waals surface area contributed by atoms with Crippen molar-refractivity contribution < 1.29 is 19.2 Å². The molecule has 0 radical (unpaired) electrons. The average molecular weight is 300 g/mol. The molecule has 7 nitrogen and oxygen atoms in total. The summed E-state index contributed by atoms with van der Waals surface area (Å²) < 4.78 is 4.92. The highest BCUT2D eigenvalue weighted by atomic mass is 16.6. The zero-order chi connectivity index (χ0) is 16.1. The Balaban J connectivity index is 2.11. The van der Waals surface area contributed by atoms with Crippen LogP contribution in [0.15, 0.2) is 48.5 Å². The van der Waals surface area contributed by atoms with Crippen LogP contribution >= 0.6 is 0 Å². The van der Waals surface area contributed by atoms with Gasteiger partial charge in [-0.05, 0) is 24.3 Å². The molecule has 0 atom stereocenters. The van der Waals surface area contributed by atoms with Gasteiger partial charge < -0.3 is 10.1 Å². The molecule has 112 valence electrons. The summed E-state index contributed by atoms with van der Waals surface area (Å²) in [5.41, 5.74) is 0.638. The van der Waals surface area contributed by atoms with Crippen LogP contribution in [0, 0.1) is 10.1 Å². The van der Waals surface area contributed by atoms with Gasteiger partial charge in [-0.15, -0.1) is 0 Å². The summed E-state index contributed by atoms with van der Waals surface area (Å²) in [5.74, 6) is -0.567. The Morgan fingerprint density at radius 1 is 1.14 bits per heavy atom. The number of ether oxygens (including phenoxy) is 1. The fraction of sp³-hybridized carbons (Fsp3) is 0.0667. The predicted octanol–water partition coefficient (Wildman–Crippen LogP) is 2.77. The number of anilines is 1. The molecule has 0 bridgehead atoms. The standard InChI is InChI=1S/C15H12N2O5/c1-10(18)22-14-4-2-3-12(9-14)16-15(19)11-5-7-13(8-6-11)17(20)21/h2-9H,1H3,(H,16,19). The summed E-state index contributed by atoms with van der Waals surface area (Å²) in [6.45, 7) is 1.28. The van der Waals surface area contributed by atoms with Gasteiger partial charge >= 0.3 is 5.97 Å². The first kappa shape index (κ1) is 15.2. The number of non-ortho nitro benzene ring substituents is 1. The van der Waals surface area contributed by atoms with E-state index in [2.05, 4.69) is 5.32 Å². The molecule has 0 aliphatic carbocycles. The van der Waals surface area contributed by atoms with E-state index >= 15 is 0 Å². The molecule has 22 heavy (non-hydrogen) atoms. The quantitative estimate of drug-likeness (QED) is 0.405. The molecule has 0 aromatic heterocycles. The molecular formula is C15H12N2O5. The molecular weight excluding hydrogens is 288 g/mol. The van der Waals surface area contributed by atoms with E-state index in [4.69, 9.17) is 4.74 Å². The van der Waals surface area contributed by atoms with Crippen LogP contribution in [0.4, 0.5) is 11.4 Å². The van der Waals surface area contributed by atoms with E-state index < -0.39 is 16.8 Å². The Morgan fingerprint density at radius 3 is 2.41 bits per heavy atom. The minimum Gasteiger partial charge on any atom is -0.427 e. The lowest BCUT2D eigenvalue weighted by atomic mass is 10.2. The monoisotopic (exact) mass is 300 g/mol. The molecule has 0 aliphatic rings. The number of esters is 1. The molecule has 0 heterocycles. The molecule has 0 saturated carbocycles. The third-order valence-corrected chi connectivity index (χ3v) is 2.69. The predicted molar refractivity (Wildman–Crippen MR) is 78.8 cm³/mol. The van der Waals surface area contributed by atoms with Crippen LogP contribution in [0.1, 0.15) is 17.3 Å². The summed E-state index contributed by atoms with van der Waals surface area (Å²) in [5, 5.41) is 13.2. The number of carbonyl (C=O) groups excluding carboxylic acids is 2. The maximum Gasteiger partial charge on any atom is 0.308 e. The van der Waals surface area contributed by atoms with Crippen LogP contribution in [-0.4, -0.2) is 16.8 Å². The zero-order valence-corrected chi connectivity index (χ0v) is 11.6. The third-order valence-electron chi connectivity index (χ3n) is 2.69. The second-order valence-electron chi connectivity index (χ2n) is 4.38. The second-order valence-corrected chi connectivity index (χ2v) is 4.38. The van der Waals surface area contributed by atoms with Crippen molar-refractivity contribution in [2.24, 2.45) is 0 Å². The Kier molecular flexibility index (Phi) is 4.47. The van der Waals surface area contributed by atoms with Crippen LogP contribution in [-0.2, 0) is 4.79 Å². The van der Waals surface area contributed by atoms with Crippen molar-refractivity contribution in [2.45, 2.75) is 6.92 Å². The second kappa shape index (κ2) is 6.49.